The van der Waals surface area contributed by atoms with Crippen LogP contribution in [-0.2, 0) is 17.5 Å². The van der Waals surface area contributed by atoms with Crippen molar-refractivity contribution in [1.29, 1.82) is 0 Å². The van der Waals surface area contributed by atoms with E-state index in [4.69, 9.17) is 16.3 Å². The fraction of sp³-hybridized carbons (Fsp3) is 0.500. The van der Waals surface area contributed by atoms with Crippen LogP contribution in [0.25, 0.3) is 0 Å². The molecule has 1 aliphatic heterocycles. The summed E-state index contributed by atoms with van der Waals surface area (Å²) in [6.45, 7) is 1.77. The topological polar surface area (TPSA) is 21.3 Å². The Kier molecular flexibility index (Phi) is 4.14. The summed E-state index contributed by atoms with van der Waals surface area (Å²) in [5.41, 5.74) is -0.292. The van der Waals surface area contributed by atoms with Gasteiger partial charge in [-0.05, 0) is 36.7 Å². The van der Waals surface area contributed by atoms with Crippen LogP contribution in [0.2, 0.25) is 5.02 Å². The van der Waals surface area contributed by atoms with Crippen molar-refractivity contribution in [2.45, 2.75) is 25.3 Å². The second-order valence-corrected chi connectivity index (χ2v) is 4.71. The third-order valence-corrected chi connectivity index (χ3v) is 3.00. The lowest BCUT2D eigenvalue weighted by Gasteiger charge is -2.13. The largest absolute Gasteiger partial charge is 0.416 e. The minimum Gasteiger partial charge on any atom is -0.372 e. The van der Waals surface area contributed by atoms with Gasteiger partial charge in [0, 0.05) is 11.6 Å². The van der Waals surface area contributed by atoms with Crippen molar-refractivity contribution in [1.82, 2.24) is 5.32 Å². The first-order valence-corrected chi connectivity index (χ1v) is 6.02. The highest BCUT2D eigenvalue weighted by Crippen LogP contribution is 2.32. The average molecular weight is 280 g/mol. The Hall–Kier alpha value is -0.780. The summed E-state index contributed by atoms with van der Waals surface area (Å²) in [4.78, 5) is 0. The van der Waals surface area contributed by atoms with Gasteiger partial charge in [0.25, 0.3) is 0 Å². The van der Waals surface area contributed by atoms with Gasteiger partial charge in [-0.3, -0.25) is 0 Å². The van der Waals surface area contributed by atoms with Gasteiger partial charge in [-0.1, -0.05) is 11.6 Å². The van der Waals surface area contributed by atoms with Crippen LogP contribution in [0.15, 0.2) is 18.2 Å². The second kappa shape index (κ2) is 5.47. The van der Waals surface area contributed by atoms with Gasteiger partial charge in [0.05, 0.1) is 18.3 Å². The molecule has 0 amide bonds. The minimum absolute atomic E-state index is 0.0679. The molecule has 0 aromatic heterocycles. The zero-order valence-corrected chi connectivity index (χ0v) is 10.3. The Balaban J connectivity index is 2.05. The maximum atomic E-state index is 12.6. The van der Waals surface area contributed by atoms with Gasteiger partial charge in [0.1, 0.15) is 0 Å². The van der Waals surface area contributed by atoms with Gasteiger partial charge < -0.3 is 10.1 Å². The summed E-state index contributed by atoms with van der Waals surface area (Å²) in [6.07, 6.45) is -3.43. The van der Waals surface area contributed by atoms with Crippen LogP contribution in [0.1, 0.15) is 17.5 Å². The first kappa shape index (κ1) is 13.6. The van der Waals surface area contributed by atoms with Crippen LogP contribution < -0.4 is 5.32 Å². The average Bonchev–Trinajstić information content (AvgIpc) is 2.77. The van der Waals surface area contributed by atoms with Crippen molar-refractivity contribution in [3.8, 4) is 0 Å². The van der Waals surface area contributed by atoms with E-state index in [1.165, 1.54) is 6.07 Å². The molecule has 1 aromatic rings. The third kappa shape index (κ3) is 3.60. The second-order valence-electron chi connectivity index (χ2n) is 4.27. The molecule has 2 nitrogen and oxygen atoms in total. The molecule has 0 aliphatic carbocycles. The van der Waals surface area contributed by atoms with E-state index >= 15 is 0 Å². The lowest BCUT2D eigenvalue weighted by Crippen LogP contribution is -2.16. The first-order chi connectivity index (χ1) is 8.45. The van der Waals surface area contributed by atoms with Gasteiger partial charge in [-0.25, -0.2) is 0 Å². The lowest BCUT2D eigenvalue weighted by atomic mass is 10.1. The van der Waals surface area contributed by atoms with Crippen molar-refractivity contribution >= 4 is 11.6 Å². The van der Waals surface area contributed by atoms with Crippen molar-refractivity contribution in [3.05, 3.63) is 34.3 Å². The molecule has 1 heterocycles. The Morgan fingerprint density at radius 2 is 2.11 bits per heavy atom. The van der Waals surface area contributed by atoms with E-state index in [0.29, 0.717) is 5.56 Å². The molecule has 1 unspecified atom stereocenters. The minimum atomic E-state index is -4.38. The lowest BCUT2D eigenvalue weighted by molar-refractivity contribution is -0.137. The normalized spacial score (nSPS) is 20.3. The van der Waals surface area contributed by atoms with Crippen LogP contribution in [0.3, 0.4) is 0 Å². The molecule has 0 bridgehead atoms. The van der Waals surface area contributed by atoms with Gasteiger partial charge in [0.15, 0.2) is 0 Å². The van der Waals surface area contributed by atoms with Crippen molar-refractivity contribution in [2.24, 2.45) is 0 Å². The van der Waals surface area contributed by atoms with E-state index in [-0.39, 0.29) is 17.7 Å². The molecule has 1 N–H and O–H groups in total. The van der Waals surface area contributed by atoms with E-state index in [1.807, 2.05) is 0 Å². The summed E-state index contributed by atoms with van der Waals surface area (Å²) in [6, 6.07) is 3.50. The number of alkyl halides is 3. The first-order valence-electron chi connectivity index (χ1n) is 5.64. The molecule has 1 aliphatic rings. The fourth-order valence-corrected chi connectivity index (χ4v) is 2.14. The third-order valence-electron chi connectivity index (χ3n) is 2.79. The van der Waals surface area contributed by atoms with Gasteiger partial charge in [-0.2, -0.15) is 13.2 Å². The Bertz CT molecular complexity index is 416. The van der Waals surface area contributed by atoms with Gasteiger partial charge >= 0.3 is 6.18 Å². The molecule has 1 saturated heterocycles. The zero-order chi connectivity index (χ0) is 13.2. The molecule has 1 aromatic carbocycles. The molecule has 6 heteroatoms. The maximum absolute atomic E-state index is 12.6. The molecular weight excluding hydrogens is 267 g/mol. The number of nitrogens with one attached hydrogen (secondary N) is 1. The maximum Gasteiger partial charge on any atom is 0.416 e. The Labute approximate surface area is 108 Å². The highest BCUT2D eigenvalue weighted by atomic mass is 35.5. The highest BCUT2D eigenvalue weighted by Gasteiger charge is 2.31. The number of halogens is 4. The summed E-state index contributed by atoms with van der Waals surface area (Å²) in [7, 11) is 0. The molecule has 0 saturated carbocycles. The van der Waals surface area contributed by atoms with Crippen molar-refractivity contribution in [2.75, 3.05) is 13.1 Å². The molecule has 1 fully saturated rings. The molecule has 100 valence electrons. The smallest absolute Gasteiger partial charge is 0.372 e. The van der Waals surface area contributed by atoms with E-state index in [2.05, 4.69) is 5.32 Å². The quantitative estimate of drug-likeness (QED) is 0.917. The number of rotatable bonds is 3. The SMILES string of the molecule is FC(F)(F)c1cc(Cl)cc(COC2CCNC2)c1. The van der Waals surface area contributed by atoms with Crippen LogP contribution in [0.4, 0.5) is 13.2 Å². The highest BCUT2D eigenvalue weighted by molar-refractivity contribution is 6.30. The summed E-state index contributed by atoms with van der Waals surface area (Å²) >= 11 is 5.68. The van der Waals surface area contributed by atoms with Crippen molar-refractivity contribution in [3.63, 3.8) is 0 Å². The monoisotopic (exact) mass is 279 g/mol. The molecular formula is C12H13ClF3NO. The van der Waals surface area contributed by atoms with Crippen molar-refractivity contribution < 1.29 is 17.9 Å². The van der Waals surface area contributed by atoms with Gasteiger partial charge in [-0.15, -0.1) is 0 Å². The predicted octanol–water partition coefficient (Wildman–Crippen LogP) is 3.24. The summed E-state index contributed by atoms with van der Waals surface area (Å²) < 4.78 is 43.3. The van der Waals surface area contributed by atoms with Crippen LogP contribution in [-0.4, -0.2) is 19.2 Å². The summed E-state index contributed by atoms with van der Waals surface area (Å²) in [5, 5.41) is 3.20. The van der Waals surface area contributed by atoms with E-state index < -0.39 is 11.7 Å². The number of hydrogen-bond donors (Lipinski definition) is 1. The summed E-state index contributed by atoms with van der Waals surface area (Å²) in [5.74, 6) is 0. The standard InChI is InChI=1S/C12H13ClF3NO/c13-10-4-8(3-9(5-10)12(14,15)16)7-18-11-1-2-17-6-11/h3-5,11,17H,1-2,6-7H2. The van der Waals surface area contributed by atoms with Gasteiger partial charge in [0.2, 0.25) is 0 Å². The van der Waals surface area contributed by atoms with E-state index in [1.54, 1.807) is 0 Å². The molecule has 1 atom stereocenters. The van der Waals surface area contributed by atoms with Crippen LogP contribution >= 0.6 is 11.6 Å². The fourth-order valence-electron chi connectivity index (χ4n) is 1.88. The molecule has 0 spiro atoms. The van der Waals surface area contributed by atoms with E-state index in [0.717, 1.165) is 31.6 Å². The van der Waals surface area contributed by atoms with E-state index in [9.17, 15) is 13.2 Å². The van der Waals surface area contributed by atoms with Crippen LogP contribution in [0.5, 0.6) is 0 Å². The number of benzene rings is 1. The molecule has 18 heavy (non-hydrogen) atoms. The number of hydrogen-bond acceptors (Lipinski definition) is 2. The Morgan fingerprint density at radius 1 is 1.33 bits per heavy atom. The Morgan fingerprint density at radius 3 is 2.72 bits per heavy atom. The zero-order valence-electron chi connectivity index (χ0n) is 9.56. The molecule has 2 rings (SSSR count). The predicted molar refractivity (Wildman–Crippen MR) is 62.5 cm³/mol. The number of ether oxygens (including phenoxy) is 1. The molecule has 0 radical (unpaired) electrons. The van der Waals surface area contributed by atoms with Crippen LogP contribution in [0, 0.1) is 0 Å².